The third-order valence-electron chi connectivity index (χ3n) is 3.08. The van der Waals surface area contributed by atoms with Crippen molar-refractivity contribution in [3.05, 3.63) is 52.5 Å². The fourth-order valence-corrected chi connectivity index (χ4v) is 2.20. The summed E-state index contributed by atoms with van der Waals surface area (Å²) in [5.74, 6) is 2.02. The highest BCUT2D eigenvalue weighted by Gasteiger charge is 2.12. The summed E-state index contributed by atoms with van der Waals surface area (Å²) in [5.41, 5.74) is 7.58. The lowest BCUT2D eigenvalue weighted by Gasteiger charge is -2.15. The molecule has 0 aliphatic heterocycles. The predicted octanol–water partition coefficient (Wildman–Crippen LogP) is 3.39. The molecule has 112 valence electrons. The van der Waals surface area contributed by atoms with Gasteiger partial charge in [-0.3, -0.25) is 0 Å². The molecule has 0 spiro atoms. The van der Waals surface area contributed by atoms with E-state index in [2.05, 4.69) is 0 Å². The average molecular weight is 308 g/mol. The van der Waals surface area contributed by atoms with Gasteiger partial charge in [0.05, 0.1) is 14.2 Å². The van der Waals surface area contributed by atoms with Gasteiger partial charge in [0.1, 0.15) is 12.4 Å². The van der Waals surface area contributed by atoms with Crippen LogP contribution in [0.1, 0.15) is 11.1 Å². The van der Waals surface area contributed by atoms with Crippen molar-refractivity contribution in [2.45, 2.75) is 13.2 Å². The number of nitrogens with two attached hydrogens (primary N) is 1. The van der Waals surface area contributed by atoms with Crippen LogP contribution in [0.4, 0.5) is 0 Å². The van der Waals surface area contributed by atoms with Gasteiger partial charge in [-0.2, -0.15) is 0 Å². The zero-order chi connectivity index (χ0) is 15.2. The second kappa shape index (κ2) is 7.20. The highest BCUT2D eigenvalue weighted by molar-refractivity contribution is 6.30. The molecule has 2 aromatic rings. The van der Waals surface area contributed by atoms with Crippen molar-refractivity contribution in [3.63, 3.8) is 0 Å². The van der Waals surface area contributed by atoms with Gasteiger partial charge in [-0.1, -0.05) is 23.7 Å². The van der Waals surface area contributed by atoms with Gasteiger partial charge in [0, 0.05) is 23.2 Å². The summed E-state index contributed by atoms with van der Waals surface area (Å²) in [7, 11) is 3.21. The minimum absolute atomic E-state index is 0.328. The largest absolute Gasteiger partial charge is 0.497 e. The molecular formula is C16H18ClNO3. The molecule has 0 bridgehead atoms. The van der Waals surface area contributed by atoms with Crippen LogP contribution in [-0.4, -0.2) is 14.2 Å². The first-order chi connectivity index (χ1) is 10.2. The number of methoxy groups -OCH3 is 2. The summed E-state index contributed by atoms with van der Waals surface area (Å²) in [6.45, 7) is 0.740. The fraction of sp³-hybridized carbons (Fsp3) is 0.250. The molecule has 0 aliphatic rings. The minimum atomic E-state index is 0.328. The van der Waals surface area contributed by atoms with Crippen molar-refractivity contribution in [3.8, 4) is 17.2 Å². The van der Waals surface area contributed by atoms with Crippen LogP contribution in [0.2, 0.25) is 5.02 Å². The molecule has 4 nitrogen and oxygen atoms in total. The van der Waals surface area contributed by atoms with E-state index < -0.39 is 0 Å². The SMILES string of the molecule is COc1ccc(COc2c(CN)cc(Cl)cc2OC)cc1. The molecular weight excluding hydrogens is 290 g/mol. The van der Waals surface area contributed by atoms with Crippen molar-refractivity contribution in [2.24, 2.45) is 5.73 Å². The van der Waals surface area contributed by atoms with E-state index in [-0.39, 0.29) is 0 Å². The lowest BCUT2D eigenvalue weighted by molar-refractivity contribution is 0.281. The smallest absolute Gasteiger partial charge is 0.166 e. The molecule has 21 heavy (non-hydrogen) atoms. The van der Waals surface area contributed by atoms with Crippen LogP contribution < -0.4 is 19.9 Å². The van der Waals surface area contributed by atoms with Crippen molar-refractivity contribution in [1.29, 1.82) is 0 Å². The van der Waals surface area contributed by atoms with E-state index in [4.69, 9.17) is 31.5 Å². The Morgan fingerprint density at radius 3 is 2.33 bits per heavy atom. The Bertz CT molecular complexity index is 574. The maximum atomic E-state index is 6.03. The van der Waals surface area contributed by atoms with Gasteiger partial charge in [0.25, 0.3) is 0 Å². The number of rotatable bonds is 6. The third-order valence-corrected chi connectivity index (χ3v) is 3.30. The molecule has 0 fully saturated rings. The van der Waals surface area contributed by atoms with Crippen LogP contribution in [0.5, 0.6) is 17.2 Å². The zero-order valence-corrected chi connectivity index (χ0v) is 12.8. The van der Waals surface area contributed by atoms with Crippen LogP contribution in [-0.2, 0) is 13.2 Å². The van der Waals surface area contributed by atoms with Gasteiger partial charge in [-0.05, 0) is 23.8 Å². The second-order valence-corrected chi connectivity index (χ2v) is 4.87. The van der Waals surface area contributed by atoms with E-state index in [9.17, 15) is 0 Å². The van der Waals surface area contributed by atoms with E-state index in [0.717, 1.165) is 16.9 Å². The molecule has 0 aliphatic carbocycles. The quantitative estimate of drug-likeness (QED) is 0.888. The Hall–Kier alpha value is -1.91. The van der Waals surface area contributed by atoms with Crippen molar-refractivity contribution in [2.75, 3.05) is 14.2 Å². The van der Waals surface area contributed by atoms with E-state index in [1.807, 2.05) is 24.3 Å². The maximum Gasteiger partial charge on any atom is 0.166 e. The second-order valence-electron chi connectivity index (χ2n) is 4.44. The van der Waals surface area contributed by atoms with Crippen molar-refractivity contribution < 1.29 is 14.2 Å². The summed E-state index contributed by atoms with van der Waals surface area (Å²) in [5, 5.41) is 0.573. The molecule has 0 aromatic heterocycles. The molecule has 0 saturated carbocycles. The number of hydrogen-bond acceptors (Lipinski definition) is 4. The van der Waals surface area contributed by atoms with E-state index in [0.29, 0.717) is 29.7 Å². The van der Waals surface area contributed by atoms with Crippen LogP contribution in [0.15, 0.2) is 36.4 Å². The van der Waals surface area contributed by atoms with Crippen LogP contribution in [0, 0.1) is 0 Å². The molecule has 2 aromatic carbocycles. The van der Waals surface area contributed by atoms with Crippen molar-refractivity contribution >= 4 is 11.6 Å². The topological polar surface area (TPSA) is 53.7 Å². The average Bonchev–Trinajstić information content (AvgIpc) is 2.53. The molecule has 0 unspecified atom stereocenters. The number of hydrogen-bond donors (Lipinski definition) is 1. The van der Waals surface area contributed by atoms with Gasteiger partial charge in [0.15, 0.2) is 11.5 Å². The minimum Gasteiger partial charge on any atom is -0.497 e. The summed E-state index contributed by atoms with van der Waals surface area (Å²) < 4.78 is 16.3. The maximum absolute atomic E-state index is 6.03. The summed E-state index contributed by atoms with van der Waals surface area (Å²) >= 11 is 6.03. The molecule has 0 atom stereocenters. The van der Waals surface area contributed by atoms with Crippen molar-refractivity contribution in [1.82, 2.24) is 0 Å². The lowest BCUT2D eigenvalue weighted by atomic mass is 10.2. The van der Waals surface area contributed by atoms with Crippen LogP contribution in [0.3, 0.4) is 0 Å². The number of halogens is 1. The van der Waals surface area contributed by atoms with Crippen LogP contribution in [0.25, 0.3) is 0 Å². The lowest BCUT2D eigenvalue weighted by Crippen LogP contribution is -2.04. The Balaban J connectivity index is 2.18. The summed E-state index contributed by atoms with van der Waals surface area (Å²) in [4.78, 5) is 0. The predicted molar refractivity (Wildman–Crippen MR) is 83.2 cm³/mol. The Morgan fingerprint density at radius 1 is 1.05 bits per heavy atom. The Kier molecular flexibility index (Phi) is 5.31. The standard InChI is InChI=1S/C16H18ClNO3/c1-19-14-5-3-11(4-6-14)10-21-16-12(9-18)7-13(17)8-15(16)20-2/h3-8H,9-10,18H2,1-2H3. The molecule has 0 radical (unpaired) electrons. The molecule has 0 saturated heterocycles. The highest BCUT2D eigenvalue weighted by atomic mass is 35.5. The zero-order valence-electron chi connectivity index (χ0n) is 12.1. The molecule has 5 heteroatoms. The summed E-state index contributed by atoms with van der Waals surface area (Å²) in [6.07, 6.45) is 0. The first-order valence-corrected chi connectivity index (χ1v) is 6.88. The van der Waals surface area contributed by atoms with Crippen LogP contribution >= 0.6 is 11.6 Å². The third kappa shape index (κ3) is 3.80. The number of ether oxygens (including phenoxy) is 3. The molecule has 2 N–H and O–H groups in total. The Morgan fingerprint density at radius 2 is 1.76 bits per heavy atom. The molecule has 0 heterocycles. The van der Waals surface area contributed by atoms with Gasteiger partial charge in [-0.25, -0.2) is 0 Å². The Labute approximate surface area is 129 Å². The van der Waals surface area contributed by atoms with Gasteiger partial charge < -0.3 is 19.9 Å². The number of benzene rings is 2. The van der Waals surface area contributed by atoms with Gasteiger partial charge in [-0.15, -0.1) is 0 Å². The summed E-state index contributed by atoms with van der Waals surface area (Å²) in [6, 6.07) is 11.2. The van der Waals surface area contributed by atoms with E-state index in [1.54, 1.807) is 26.4 Å². The van der Waals surface area contributed by atoms with Gasteiger partial charge in [0.2, 0.25) is 0 Å². The molecule has 2 rings (SSSR count). The fourth-order valence-electron chi connectivity index (χ4n) is 1.97. The molecule has 0 amide bonds. The first-order valence-electron chi connectivity index (χ1n) is 6.50. The van der Waals surface area contributed by atoms with Gasteiger partial charge >= 0.3 is 0 Å². The highest BCUT2D eigenvalue weighted by Crippen LogP contribution is 2.35. The normalized spacial score (nSPS) is 10.3. The van der Waals surface area contributed by atoms with E-state index >= 15 is 0 Å². The first kappa shape index (κ1) is 15.5. The monoisotopic (exact) mass is 307 g/mol. The van der Waals surface area contributed by atoms with E-state index in [1.165, 1.54) is 0 Å².